The fourth-order valence-electron chi connectivity index (χ4n) is 7.43. The Hall–Kier alpha value is -1.09. The average molecular weight is 441 g/mol. The van der Waals surface area contributed by atoms with Crippen molar-refractivity contribution in [2.45, 2.75) is 70.5 Å². The van der Waals surface area contributed by atoms with Gasteiger partial charge in [-0.15, -0.1) is 0 Å². The third-order valence-corrected chi connectivity index (χ3v) is 9.46. The summed E-state index contributed by atoms with van der Waals surface area (Å²) in [6.45, 7) is 3.33. The van der Waals surface area contributed by atoms with E-state index in [1.54, 1.807) is 6.08 Å². The highest BCUT2D eigenvalue weighted by Gasteiger charge is 2.68. The first-order chi connectivity index (χ1) is 13.8. The van der Waals surface area contributed by atoms with E-state index in [1.165, 1.54) is 0 Å². The minimum atomic E-state index is -3.80. The number of aliphatic hydroxyl groups is 2. The van der Waals surface area contributed by atoms with E-state index in [0.29, 0.717) is 12.8 Å². The standard InChI is InChI=1S/C22H32O7S/c1-20-8-6-14(23)10-13(20)4-5-15-16-7-9-22(26,18(25)12-29-30(3,27)28)21(16,2)11-17(24)19(15)20/h10,15-17,19,24,26H,4-9,11-12H2,1-3H3/t15-,16+,17-,19-,20-,21-,22-/m0/s1. The molecule has 4 rings (SSSR count). The maximum Gasteiger partial charge on any atom is 0.264 e. The second kappa shape index (κ2) is 6.95. The Labute approximate surface area is 178 Å². The van der Waals surface area contributed by atoms with Crippen molar-refractivity contribution < 1.29 is 32.4 Å². The molecule has 0 saturated heterocycles. The van der Waals surface area contributed by atoms with Gasteiger partial charge in [0, 0.05) is 11.8 Å². The van der Waals surface area contributed by atoms with Crippen molar-refractivity contribution in [2.75, 3.05) is 12.9 Å². The molecule has 2 N–H and O–H groups in total. The lowest BCUT2D eigenvalue weighted by Gasteiger charge is -2.60. The number of carbonyl (C=O) groups is 2. The number of hydrogen-bond acceptors (Lipinski definition) is 7. The summed E-state index contributed by atoms with van der Waals surface area (Å²) in [4.78, 5) is 24.9. The Balaban J connectivity index is 1.65. The lowest BCUT2D eigenvalue weighted by atomic mass is 9.45. The fourth-order valence-corrected chi connectivity index (χ4v) is 7.75. The molecule has 0 spiro atoms. The Morgan fingerprint density at radius 2 is 1.93 bits per heavy atom. The highest BCUT2D eigenvalue weighted by Crippen LogP contribution is 2.67. The molecule has 7 atom stereocenters. The molecule has 3 fully saturated rings. The molecule has 0 unspecified atom stereocenters. The van der Waals surface area contributed by atoms with E-state index in [4.69, 9.17) is 0 Å². The minimum absolute atomic E-state index is 0.00611. The van der Waals surface area contributed by atoms with Crippen molar-refractivity contribution in [3.63, 3.8) is 0 Å². The topological polar surface area (TPSA) is 118 Å². The van der Waals surface area contributed by atoms with Crippen LogP contribution in [0.1, 0.15) is 58.8 Å². The summed E-state index contributed by atoms with van der Waals surface area (Å²) in [5.74, 6) is -0.286. The summed E-state index contributed by atoms with van der Waals surface area (Å²) in [6.07, 6.45) is 5.95. The highest BCUT2D eigenvalue weighted by atomic mass is 32.2. The number of hydrogen-bond donors (Lipinski definition) is 2. The maximum absolute atomic E-state index is 12.9. The average Bonchev–Trinajstić information content (AvgIpc) is 2.91. The van der Waals surface area contributed by atoms with E-state index < -0.39 is 39.6 Å². The van der Waals surface area contributed by atoms with E-state index in [1.807, 2.05) is 6.92 Å². The van der Waals surface area contributed by atoms with Crippen LogP contribution in [0.2, 0.25) is 0 Å². The summed E-state index contributed by atoms with van der Waals surface area (Å²) < 4.78 is 27.3. The van der Waals surface area contributed by atoms with Crippen molar-refractivity contribution in [2.24, 2.45) is 28.6 Å². The molecule has 0 aliphatic heterocycles. The quantitative estimate of drug-likeness (QED) is 0.640. The van der Waals surface area contributed by atoms with Crippen molar-refractivity contribution in [3.8, 4) is 0 Å². The third kappa shape index (κ3) is 3.14. The maximum atomic E-state index is 12.9. The van der Waals surface area contributed by atoms with Crippen LogP contribution in [0, 0.1) is 28.6 Å². The number of aliphatic hydroxyl groups excluding tert-OH is 1. The molecule has 0 heterocycles. The van der Waals surface area contributed by atoms with Crippen LogP contribution >= 0.6 is 0 Å². The van der Waals surface area contributed by atoms with Crippen LogP contribution in [-0.4, -0.2) is 54.8 Å². The first-order valence-corrected chi connectivity index (χ1v) is 12.7. The van der Waals surface area contributed by atoms with Crippen LogP contribution < -0.4 is 0 Å². The van der Waals surface area contributed by atoms with Gasteiger partial charge in [0.25, 0.3) is 10.1 Å². The smallest absolute Gasteiger partial charge is 0.264 e. The summed E-state index contributed by atoms with van der Waals surface area (Å²) >= 11 is 0. The van der Waals surface area contributed by atoms with Gasteiger partial charge in [0.15, 0.2) is 11.6 Å². The highest BCUT2D eigenvalue weighted by molar-refractivity contribution is 7.86. The molecule has 168 valence electrons. The number of carbonyl (C=O) groups excluding carboxylic acids is 2. The van der Waals surface area contributed by atoms with Gasteiger partial charge >= 0.3 is 0 Å². The lowest BCUT2D eigenvalue weighted by Crippen LogP contribution is -2.62. The van der Waals surface area contributed by atoms with Gasteiger partial charge < -0.3 is 10.2 Å². The second-order valence-electron chi connectivity index (χ2n) is 10.4. The predicted octanol–water partition coefficient (Wildman–Crippen LogP) is 1.77. The minimum Gasteiger partial charge on any atom is -0.393 e. The van der Waals surface area contributed by atoms with Crippen LogP contribution in [0.3, 0.4) is 0 Å². The number of rotatable bonds is 4. The van der Waals surface area contributed by atoms with E-state index in [-0.39, 0.29) is 41.8 Å². The van der Waals surface area contributed by atoms with Gasteiger partial charge in [0.05, 0.1) is 12.4 Å². The lowest BCUT2D eigenvalue weighted by molar-refractivity contribution is -0.181. The molecule has 0 amide bonds. The Kier molecular flexibility index (Phi) is 5.13. The zero-order valence-electron chi connectivity index (χ0n) is 17.9. The molecule has 0 aromatic rings. The normalized spacial score (nSPS) is 45.9. The summed E-state index contributed by atoms with van der Waals surface area (Å²) in [7, 11) is -3.80. The van der Waals surface area contributed by atoms with Crippen molar-refractivity contribution in [1.82, 2.24) is 0 Å². The number of fused-ring (bicyclic) bond motifs is 5. The van der Waals surface area contributed by atoms with Gasteiger partial charge in [-0.1, -0.05) is 19.4 Å². The molecule has 0 bridgehead atoms. The summed E-state index contributed by atoms with van der Waals surface area (Å²) in [5, 5.41) is 22.8. The zero-order valence-corrected chi connectivity index (χ0v) is 18.7. The van der Waals surface area contributed by atoms with Crippen LogP contribution in [0.4, 0.5) is 0 Å². The molecule has 7 nitrogen and oxygen atoms in total. The van der Waals surface area contributed by atoms with Crippen molar-refractivity contribution in [3.05, 3.63) is 11.6 Å². The molecule has 30 heavy (non-hydrogen) atoms. The van der Waals surface area contributed by atoms with Crippen LogP contribution in [0.15, 0.2) is 11.6 Å². The van der Waals surface area contributed by atoms with Gasteiger partial charge in [-0.05, 0) is 67.8 Å². The molecule has 0 aromatic carbocycles. The van der Waals surface area contributed by atoms with Crippen LogP contribution in [-0.2, 0) is 23.9 Å². The molecule has 0 aromatic heterocycles. The number of Topliss-reactive ketones (excluding diaryl/α,β-unsaturated/α-hetero) is 1. The predicted molar refractivity (Wildman–Crippen MR) is 109 cm³/mol. The van der Waals surface area contributed by atoms with Crippen molar-refractivity contribution in [1.29, 1.82) is 0 Å². The van der Waals surface area contributed by atoms with Gasteiger partial charge in [0.1, 0.15) is 12.2 Å². The first kappa shape index (κ1) is 22.1. The Bertz CT molecular complexity index is 908. The molecule has 0 radical (unpaired) electrons. The van der Waals surface area contributed by atoms with E-state index >= 15 is 0 Å². The van der Waals surface area contributed by atoms with Gasteiger partial charge in [-0.25, -0.2) is 0 Å². The molecule has 8 heteroatoms. The fraction of sp³-hybridized carbons (Fsp3) is 0.818. The molecular formula is C22H32O7S. The largest absolute Gasteiger partial charge is 0.393 e. The zero-order chi connectivity index (χ0) is 22.1. The Morgan fingerprint density at radius 3 is 2.60 bits per heavy atom. The van der Waals surface area contributed by atoms with Gasteiger partial charge in [-0.3, -0.25) is 13.8 Å². The summed E-state index contributed by atoms with van der Waals surface area (Å²) in [5.41, 5.74) is -1.66. The molecule has 4 aliphatic carbocycles. The monoisotopic (exact) mass is 440 g/mol. The van der Waals surface area contributed by atoms with E-state index in [9.17, 15) is 28.2 Å². The number of allylic oxidation sites excluding steroid dienone is 1. The molecular weight excluding hydrogens is 408 g/mol. The number of ketones is 2. The SMILES string of the molecule is C[C@]12CCC(=O)C=C1CC[C@@H]1[C@H]2[C@@H](O)C[C@@]2(C)[C@@H]1CC[C@]2(O)C(=O)COS(C)(=O)=O. The van der Waals surface area contributed by atoms with Crippen LogP contribution in [0.5, 0.6) is 0 Å². The molecule has 3 saturated carbocycles. The van der Waals surface area contributed by atoms with Crippen LogP contribution in [0.25, 0.3) is 0 Å². The summed E-state index contributed by atoms with van der Waals surface area (Å²) in [6, 6.07) is 0. The Morgan fingerprint density at radius 1 is 1.23 bits per heavy atom. The van der Waals surface area contributed by atoms with E-state index in [2.05, 4.69) is 11.1 Å². The van der Waals surface area contributed by atoms with Gasteiger partial charge in [0.2, 0.25) is 0 Å². The third-order valence-electron chi connectivity index (χ3n) is 8.91. The molecule has 4 aliphatic rings. The van der Waals surface area contributed by atoms with Crippen molar-refractivity contribution >= 4 is 21.7 Å². The van der Waals surface area contributed by atoms with Gasteiger partial charge in [-0.2, -0.15) is 8.42 Å². The first-order valence-electron chi connectivity index (χ1n) is 10.8. The second-order valence-corrected chi connectivity index (χ2v) is 12.0. The van der Waals surface area contributed by atoms with E-state index in [0.717, 1.165) is 31.1 Å².